The molecule has 0 atom stereocenters. The lowest BCUT2D eigenvalue weighted by Gasteiger charge is -2.27. The zero-order valence-corrected chi connectivity index (χ0v) is 32.7. The second-order valence-corrected chi connectivity index (χ2v) is 15.7. The fraction of sp³-hybridized carbons (Fsp3) is 0. The molecule has 0 saturated heterocycles. The lowest BCUT2D eigenvalue weighted by Crippen LogP contribution is -2.10. The van der Waals surface area contributed by atoms with Gasteiger partial charge in [0.2, 0.25) is 0 Å². The third-order valence-electron chi connectivity index (χ3n) is 12.2. The van der Waals surface area contributed by atoms with Gasteiger partial charge >= 0.3 is 0 Å². The average Bonchev–Trinajstić information content (AvgIpc) is 3.71. The average molecular weight is 764 g/mol. The van der Waals surface area contributed by atoms with E-state index in [2.05, 4.69) is 223 Å². The Morgan fingerprint density at radius 1 is 0.250 bits per heavy atom. The highest BCUT2D eigenvalue weighted by atomic mass is 16.3. The van der Waals surface area contributed by atoms with E-state index >= 15 is 0 Å². The minimum atomic E-state index is 0.916. The van der Waals surface area contributed by atoms with Crippen LogP contribution >= 0.6 is 0 Å². The Labute approximate surface area is 347 Å². The number of para-hydroxylation sites is 1. The second-order valence-electron chi connectivity index (χ2n) is 15.7. The maximum atomic E-state index is 6.38. The Balaban J connectivity index is 1.03. The van der Waals surface area contributed by atoms with Crippen molar-refractivity contribution in [2.24, 2.45) is 0 Å². The highest BCUT2D eigenvalue weighted by Gasteiger charge is 2.19. The largest absolute Gasteiger partial charge is 0.456 e. The molecular weight excluding hydrogens is 727 g/mol. The zero-order valence-electron chi connectivity index (χ0n) is 32.7. The van der Waals surface area contributed by atoms with E-state index in [1.165, 1.54) is 81.9 Å². The first-order chi connectivity index (χ1) is 29.7. The van der Waals surface area contributed by atoms with Crippen molar-refractivity contribution in [2.75, 3.05) is 4.90 Å². The minimum Gasteiger partial charge on any atom is -0.456 e. The van der Waals surface area contributed by atoms with Crippen molar-refractivity contribution in [2.45, 2.75) is 0 Å². The van der Waals surface area contributed by atoms with E-state index in [-0.39, 0.29) is 0 Å². The summed E-state index contributed by atoms with van der Waals surface area (Å²) >= 11 is 0. The van der Waals surface area contributed by atoms with Crippen LogP contribution in [0.1, 0.15) is 0 Å². The molecule has 0 fully saturated rings. The summed E-state index contributed by atoms with van der Waals surface area (Å²) in [5, 5.41) is 12.2. The lowest BCUT2D eigenvalue weighted by atomic mass is 9.90. The van der Waals surface area contributed by atoms with E-state index in [4.69, 9.17) is 4.42 Å². The molecular formula is C58H37NO. The summed E-state index contributed by atoms with van der Waals surface area (Å²) in [5.41, 5.74) is 12.2. The van der Waals surface area contributed by atoms with Gasteiger partial charge in [-0.1, -0.05) is 158 Å². The number of hydrogen-bond acceptors (Lipinski definition) is 2. The van der Waals surface area contributed by atoms with Crippen molar-refractivity contribution in [3.05, 3.63) is 224 Å². The van der Waals surface area contributed by atoms with Gasteiger partial charge < -0.3 is 9.32 Å². The van der Waals surface area contributed by atoms with E-state index in [1.54, 1.807) is 0 Å². The topological polar surface area (TPSA) is 16.4 Å². The van der Waals surface area contributed by atoms with Gasteiger partial charge in [-0.25, -0.2) is 0 Å². The quantitative estimate of drug-likeness (QED) is 0.157. The molecule has 2 heteroatoms. The van der Waals surface area contributed by atoms with Gasteiger partial charge in [-0.3, -0.25) is 0 Å². The molecule has 12 rings (SSSR count). The van der Waals surface area contributed by atoms with E-state index < -0.39 is 0 Å². The van der Waals surface area contributed by atoms with E-state index in [1.807, 2.05) is 6.07 Å². The van der Waals surface area contributed by atoms with Gasteiger partial charge in [0.25, 0.3) is 0 Å². The van der Waals surface area contributed by atoms with Crippen LogP contribution in [0, 0.1) is 0 Å². The van der Waals surface area contributed by atoms with Crippen LogP contribution in [0.2, 0.25) is 0 Å². The molecule has 0 N–H and O–H groups in total. The van der Waals surface area contributed by atoms with Crippen molar-refractivity contribution in [1.82, 2.24) is 0 Å². The summed E-state index contributed by atoms with van der Waals surface area (Å²) in [6.45, 7) is 0. The number of fused-ring (bicyclic) bond motifs is 11. The Bertz CT molecular complexity index is 3530. The highest BCUT2D eigenvalue weighted by Crippen LogP contribution is 2.45. The third-order valence-corrected chi connectivity index (χ3v) is 12.2. The lowest BCUT2D eigenvalue weighted by molar-refractivity contribution is 0.669. The molecule has 0 unspecified atom stereocenters. The first-order valence-corrected chi connectivity index (χ1v) is 20.6. The van der Waals surface area contributed by atoms with E-state index in [0.29, 0.717) is 0 Å². The number of furan rings is 1. The normalized spacial score (nSPS) is 11.7. The van der Waals surface area contributed by atoms with Gasteiger partial charge in [0, 0.05) is 33.2 Å². The predicted molar refractivity (Wildman–Crippen MR) is 255 cm³/mol. The van der Waals surface area contributed by atoms with Crippen LogP contribution in [0.25, 0.3) is 98.4 Å². The van der Waals surface area contributed by atoms with Gasteiger partial charge in [0.05, 0.1) is 0 Å². The molecule has 280 valence electrons. The Kier molecular flexibility index (Phi) is 7.89. The van der Waals surface area contributed by atoms with Crippen LogP contribution in [-0.4, -0.2) is 0 Å². The minimum absolute atomic E-state index is 0.916. The van der Waals surface area contributed by atoms with Crippen LogP contribution in [0.15, 0.2) is 229 Å². The first-order valence-electron chi connectivity index (χ1n) is 20.6. The van der Waals surface area contributed by atoms with Crippen LogP contribution < -0.4 is 4.90 Å². The summed E-state index contributed by atoms with van der Waals surface area (Å²) in [7, 11) is 0. The van der Waals surface area contributed by atoms with Crippen molar-refractivity contribution >= 4 is 82.1 Å². The molecule has 0 aliphatic carbocycles. The van der Waals surface area contributed by atoms with Crippen molar-refractivity contribution in [3.63, 3.8) is 0 Å². The number of hydrogen-bond donors (Lipinski definition) is 0. The number of anilines is 3. The van der Waals surface area contributed by atoms with Crippen LogP contribution in [0.3, 0.4) is 0 Å². The fourth-order valence-corrected chi connectivity index (χ4v) is 9.34. The maximum absolute atomic E-state index is 6.38. The molecule has 0 saturated carbocycles. The van der Waals surface area contributed by atoms with Gasteiger partial charge in [0.1, 0.15) is 11.2 Å². The Morgan fingerprint density at radius 2 is 0.800 bits per heavy atom. The molecule has 0 bridgehead atoms. The summed E-state index contributed by atoms with van der Waals surface area (Å²) < 4.78 is 6.38. The summed E-state index contributed by atoms with van der Waals surface area (Å²) in [6, 6.07) is 81.3. The molecule has 0 radical (unpaired) electrons. The molecule has 11 aromatic carbocycles. The number of rotatable bonds is 6. The van der Waals surface area contributed by atoms with Crippen molar-refractivity contribution in [1.29, 1.82) is 0 Å². The monoisotopic (exact) mass is 763 g/mol. The molecule has 2 nitrogen and oxygen atoms in total. The SMILES string of the molecule is c1ccc(-c2cc(-c3ccccc3)cc(N(c3ccc(-c4ccc5c6ccccc6c6c(ccc7oc8ccccc8c76)c5c4)cc3)c3ccc4ccccc4c3)c2)cc1. The molecule has 0 spiro atoms. The Morgan fingerprint density at radius 3 is 1.55 bits per heavy atom. The molecule has 0 aliphatic rings. The zero-order chi connectivity index (χ0) is 39.6. The fourth-order valence-electron chi connectivity index (χ4n) is 9.34. The van der Waals surface area contributed by atoms with Crippen LogP contribution in [0.5, 0.6) is 0 Å². The van der Waals surface area contributed by atoms with Gasteiger partial charge in [-0.15, -0.1) is 0 Å². The molecule has 1 aromatic heterocycles. The Hall–Kier alpha value is -7.94. The first kappa shape index (κ1) is 34.1. The summed E-state index contributed by atoms with van der Waals surface area (Å²) in [5.74, 6) is 0. The molecule has 0 amide bonds. The second kappa shape index (κ2) is 13.9. The van der Waals surface area contributed by atoms with Crippen molar-refractivity contribution < 1.29 is 4.42 Å². The van der Waals surface area contributed by atoms with Gasteiger partial charge in [0.15, 0.2) is 0 Å². The smallest absolute Gasteiger partial charge is 0.136 e. The molecule has 1 heterocycles. The van der Waals surface area contributed by atoms with E-state index in [0.717, 1.165) is 33.6 Å². The highest BCUT2D eigenvalue weighted by molar-refractivity contribution is 6.34. The number of nitrogens with zero attached hydrogens (tertiary/aromatic N) is 1. The summed E-state index contributed by atoms with van der Waals surface area (Å²) in [4.78, 5) is 2.40. The van der Waals surface area contributed by atoms with Crippen LogP contribution in [0.4, 0.5) is 17.1 Å². The third kappa shape index (κ3) is 5.65. The molecule has 12 aromatic rings. The number of benzene rings is 11. The van der Waals surface area contributed by atoms with Gasteiger partial charge in [-0.05, 0) is 138 Å². The molecule has 60 heavy (non-hydrogen) atoms. The van der Waals surface area contributed by atoms with Crippen molar-refractivity contribution in [3.8, 4) is 33.4 Å². The van der Waals surface area contributed by atoms with E-state index in [9.17, 15) is 0 Å². The van der Waals surface area contributed by atoms with Gasteiger partial charge in [-0.2, -0.15) is 0 Å². The maximum Gasteiger partial charge on any atom is 0.136 e. The van der Waals surface area contributed by atoms with Crippen LogP contribution in [-0.2, 0) is 0 Å². The standard InChI is InChI=1S/C58H37NO/c1-3-13-38(14-4-1)44-33-45(39-15-5-2-6-16-39)36-48(35-44)59(47-29-25-40-17-7-8-18-42(40)34-47)46-27-23-41(24-28-46)43-26-30-50-49-19-9-10-20-51(49)57-52(54(50)37-43)31-32-56-58(57)53-21-11-12-22-55(53)60-56/h1-37H. The summed E-state index contributed by atoms with van der Waals surface area (Å²) in [6.07, 6.45) is 0. The molecule has 0 aliphatic heterocycles. The predicted octanol–water partition coefficient (Wildman–Crippen LogP) is 16.7.